The predicted molar refractivity (Wildman–Crippen MR) is 79.6 cm³/mol. The van der Waals surface area contributed by atoms with Crippen LogP contribution in [0.1, 0.15) is 0 Å². The Balaban J connectivity index is 2.39. The van der Waals surface area contributed by atoms with Crippen molar-refractivity contribution in [3.8, 4) is 0 Å². The Morgan fingerprint density at radius 1 is 1.26 bits per heavy atom. The average molecular weight is 383 g/mol. The number of esters is 1. The molecule has 2 bridgehead atoms. The molecule has 2 aliphatic rings. The van der Waals surface area contributed by atoms with Gasteiger partial charge in [-0.25, -0.2) is 4.79 Å². The number of allylic oxidation sites excluding steroid dienone is 3. The van der Waals surface area contributed by atoms with Crippen molar-refractivity contribution in [1.29, 1.82) is 0 Å². The molecular weight excluding hydrogens is 377 g/mol. The van der Waals surface area contributed by atoms with Gasteiger partial charge in [-0.3, -0.25) is 0 Å². The Kier molecular flexibility index (Phi) is 3.93. The van der Waals surface area contributed by atoms with E-state index in [0.717, 1.165) is 6.08 Å². The molecule has 0 fully saturated rings. The Morgan fingerprint density at radius 2 is 1.84 bits per heavy atom. The minimum Gasteiger partial charge on any atom is -0.458 e. The van der Waals surface area contributed by atoms with Crippen molar-refractivity contribution >= 4 is 75.6 Å². The van der Waals surface area contributed by atoms with Gasteiger partial charge in [-0.15, -0.1) is 23.2 Å². The maximum Gasteiger partial charge on any atom is 0.330 e. The third kappa shape index (κ3) is 1.81. The molecule has 8 heteroatoms. The van der Waals surface area contributed by atoms with Crippen LogP contribution in [0.2, 0.25) is 0 Å². The molecule has 2 nitrogen and oxygen atoms in total. The van der Waals surface area contributed by atoms with Crippen LogP contribution < -0.4 is 0 Å². The highest BCUT2D eigenvalue weighted by molar-refractivity contribution is 6.66. The molecule has 0 aliphatic heterocycles. The lowest BCUT2D eigenvalue weighted by atomic mass is 10.0. The molecule has 0 spiro atoms. The smallest absolute Gasteiger partial charge is 0.330 e. The summed E-state index contributed by atoms with van der Waals surface area (Å²) in [4.78, 5) is 8.13. The molecule has 0 N–H and O–H groups in total. The largest absolute Gasteiger partial charge is 0.458 e. The standard InChI is InChI=1S/C11H6Cl6O2/c1-2-6(18)19-4-5-3-9(14)7(12)8(13)10(5,15)11(9,16)17/h2-3H,1,4H2. The maximum absolute atomic E-state index is 11.1. The summed E-state index contributed by atoms with van der Waals surface area (Å²) in [5.74, 6) is -0.617. The van der Waals surface area contributed by atoms with Crippen LogP contribution >= 0.6 is 69.6 Å². The minimum atomic E-state index is -1.67. The fourth-order valence-corrected chi connectivity index (χ4v) is 4.56. The number of rotatable bonds is 3. The lowest BCUT2D eigenvalue weighted by molar-refractivity contribution is -0.136. The van der Waals surface area contributed by atoms with E-state index in [0.29, 0.717) is 5.57 Å². The zero-order valence-corrected chi connectivity index (χ0v) is 13.7. The van der Waals surface area contributed by atoms with Crippen molar-refractivity contribution in [1.82, 2.24) is 0 Å². The van der Waals surface area contributed by atoms with E-state index in [4.69, 9.17) is 74.3 Å². The lowest BCUT2D eigenvalue weighted by Gasteiger charge is -2.33. The number of fused-ring (bicyclic) bond motifs is 2. The van der Waals surface area contributed by atoms with Gasteiger partial charge < -0.3 is 4.74 Å². The molecule has 0 radical (unpaired) electrons. The molecule has 19 heavy (non-hydrogen) atoms. The Morgan fingerprint density at radius 3 is 2.26 bits per heavy atom. The minimum absolute atomic E-state index is 0.0305. The van der Waals surface area contributed by atoms with E-state index in [1.165, 1.54) is 6.08 Å². The van der Waals surface area contributed by atoms with E-state index in [1.807, 2.05) is 0 Å². The van der Waals surface area contributed by atoms with Crippen LogP contribution in [0, 0.1) is 0 Å². The van der Waals surface area contributed by atoms with Gasteiger partial charge >= 0.3 is 5.97 Å². The summed E-state index contributed by atoms with van der Waals surface area (Å²) in [7, 11) is 0. The van der Waals surface area contributed by atoms with Crippen molar-refractivity contribution < 1.29 is 9.53 Å². The maximum atomic E-state index is 11.1. The number of hydrogen-bond donors (Lipinski definition) is 0. The van der Waals surface area contributed by atoms with Crippen LogP contribution in [0.3, 0.4) is 0 Å². The first-order valence-electron chi connectivity index (χ1n) is 4.96. The molecular formula is C11H6Cl6O2. The van der Waals surface area contributed by atoms with Crippen LogP contribution in [-0.4, -0.2) is 26.7 Å². The van der Waals surface area contributed by atoms with Gasteiger partial charge in [0.1, 0.15) is 16.4 Å². The van der Waals surface area contributed by atoms with Crippen LogP contribution in [0.5, 0.6) is 0 Å². The molecule has 104 valence electrons. The van der Waals surface area contributed by atoms with Crippen molar-refractivity contribution in [3.63, 3.8) is 0 Å². The predicted octanol–water partition coefficient (Wildman–Crippen LogP) is 4.49. The van der Waals surface area contributed by atoms with Gasteiger partial charge in [0.25, 0.3) is 0 Å². The van der Waals surface area contributed by atoms with Gasteiger partial charge in [0.15, 0.2) is 4.33 Å². The summed E-state index contributed by atoms with van der Waals surface area (Å²) >= 11 is 37.3. The van der Waals surface area contributed by atoms with Gasteiger partial charge in [-0.1, -0.05) is 59.1 Å². The van der Waals surface area contributed by atoms with E-state index < -0.39 is 20.1 Å². The molecule has 2 atom stereocenters. The zero-order chi connectivity index (χ0) is 14.6. The van der Waals surface area contributed by atoms with Gasteiger partial charge in [0, 0.05) is 6.08 Å². The van der Waals surface area contributed by atoms with Crippen molar-refractivity contribution in [2.75, 3.05) is 6.61 Å². The highest BCUT2D eigenvalue weighted by Gasteiger charge is 2.75. The van der Waals surface area contributed by atoms with Crippen molar-refractivity contribution in [3.05, 3.63) is 34.4 Å². The van der Waals surface area contributed by atoms with Gasteiger partial charge in [0.2, 0.25) is 0 Å². The molecule has 2 unspecified atom stereocenters. The number of halogens is 6. The highest BCUT2D eigenvalue weighted by atomic mass is 35.5. The molecule has 0 amide bonds. The first-order chi connectivity index (χ1) is 8.63. The van der Waals surface area contributed by atoms with Gasteiger partial charge in [-0.2, -0.15) is 0 Å². The first-order valence-corrected chi connectivity index (χ1v) is 7.23. The summed E-state index contributed by atoms with van der Waals surface area (Å²) in [6.07, 6.45) is 2.48. The fourth-order valence-electron chi connectivity index (χ4n) is 2.02. The SMILES string of the molecule is C=CC(=O)OCC1=CC2(Cl)C(Cl)=C(Cl)C1(Cl)C2(Cl)Cl. The number of carbonyl (C=O) groups is 1. The summed E-state index contributed by atoms with van der Waals surface area (Å²) < 4.78 is 3.23. The summed E-state index contributed by atoms with van der Waals surface area (Å²) in [6, 6.07) is 0. The molecule has 0 saturated carbocycles. The number of alkyl halides is 4. The normalized spacial score (nSPS) is 35.4. The second-order valence-electron chi connectivity index (χ2n) is 4.05. The Bertz CT molecular complexity index is 537. The van der Waals surface area contributed by atoms with Gasteiger partial charge in [0.05, 0.1) is 10.1 Å². The summed E-state index contributed by atoms with van der Waals surface area (Å²) in [6.45, 7) is 3.12. The molecule has 2 rings (SSSR count). The Hall–Kier alpha value is 0.430. The third-order valence-corrected chi connectivity index (χ3v) is 7.15. The number of ether oxygens (including phenoxy) is 1. The van der Waals surface area contributed by atoms with E-state index in [-0.39, 0.29) is 16.7 Å². The fraction of sp³-hybridized carbons (Fsp3) is 0.364. The number of carbonyl (C=O) groups excluding carboxylic acids is 1. The van der Waals surface area contributed by atoms with Gasteiger partial charge in [-0.05, 0) is 5.57 Å². The molecule has 0 aromatic carbocycles. The van der Waals surface area contributed by atoms with Crippen LogP contribution in [-0.2, 0) is 9.53 Å². The lowest BCUT2D eigenvalue weighted by Crippen LogP contribution is -2.45. The second-order valence-corrected chi connectivity index (χ2v) is 7.30. The van der Waals surface area contributed by atoms with E-state index in [1.54, 1.807) is 0 Å². The summed E-state index contributed by atoms with van der Waals surface area (Å²) in [5.41, 5.74) is 0.374. The quantitative estimate of drug-likeness (QED) is 0.311. The topological polar surface area (TPSA) is 26.3 Å². The third-order valence-electron chi connectivity index (χ3n) is 3.06. The second kappa shape index (κ2) is 4.72. The van der Waals surface area contributed by atoms with Crippen LogP contribution in [0.15, 0.2) is 34.4 Å². The van der Waals surface area contributed by atoms with E-state index >= 15 is 0 Å². The monoisotopic (exact) mass is 380 g/mol. The van der Waals surface area contributed by atoms with E-state index in [9.17, 15) is 4.79 Å². The molecule has 0 aromatic heterocycles. The van der Waals surface area contributed by atoms with Crippen LogP contribution in [0.25, 0.3) is 0 Å². The molecule has 0 heterocycles. The molecule has 2 aliphatic carbocycles. The first kappa shape index (κ1) is 15.8. The summed E-state index contributed by atoms with van der Waals surface area (Å²) in [5, 5.41) is 0.0950. The number of hydrogen-bond acceptors (Lipinski definition) is 2. The molecule has 0 saturated heterocycles. The van der Waals surface area contributed by atoms with Crippen LogP contribution in [0.4, 0.5) is 0 Å². The van der Waals surface area contributed by atoms with E-state index in [2.05, 4.69) is 6.58 Å². The Labute approximate surface area is 139 Å². The van der Waals surface area contributed by atoms with Crippen molar-refractivity contribution in [2.24, 2.45) is 0 Å². The zero-order valence-electron chi connectivity index (χ0n) is 9.15. The molecule has 0 aromatic rings. The average Bonchev–Trinajstić information content (AvgIpc) is 2.57. The highest BCUT2D eigenvalue weighted by Crippen LogP contribution is 2.71. The van der Waals surface area contributed by atoms with Crippen molar-refractivity contribution in [2.45, 2.75) is 14.1 Å².